The summed E-state index contributed by atoms with van der Waals surface area (Å²) in [5, 5.41) is 2.42. The van der Waals surface area contributed by atoms with Gasteiger partial charge in [-0.05, 0) is 31.5 Å². The second-order valence-corrected chi connectivity index (χ2v) is 5.62. The first-order chi connectivity index (χ1) is 8.71. The summed E-state index contributed by atoms with van der Waals surface area (Å²) >= 11 is 8.52. The highest BCUT2D eigenvalue weighted by Gasteiger charge is 2.33. The van der Waals surface area contributed by atoms with E-state index >= 15 is 0 Å². The van der Waals surface area contributed by atoms with Crippen LogP contribution in [-0.2, 0) is 6.18 Å². The molecule has 2 nitrogen and oxygen atoms in total. The molecule has 1 amide bonds. The Morgan fingerprint density at radius 3 is 2.63 bits per heavy atom. The molecule has 0 saturated heterocycles. The van der Waals surface area contributed by atoms with Gasteiger partial charge >= 0.3 is 6.18 Å². The number of hydrogen-bond donors (Lipinski definition) is 1. The molecule has 0 radical (unpaired) electrons. The van der Waals surface area contributed by atoms with Crippen LogP contribution in [0, 0.1) is 0 Å². The molecule has 7 heteroatoms. The molecule has 0 aliphatic rings. The molecule has 0 bridgehead atoms. The van der Waals surface area contributed by atoms with E-state index in [4.69, 9.17) is 11.6 Å². The van der Waals surface area contributed by atoms with E-state index in [2.05, 4.69) is 21.2 Å². The van der Waals surface area contributed by atoms with E-state index in [0.717, 1.165) is 6.07 Å². The summed E-state index contributed by atoms with van der Waals surface area (Å²) in [6, 6.07) is 3.37. The second kappa shape index (κ2) is 6.61. The maximum Gasteiger partial charge on any atom is 0.417 e. The zero-order chi connectivity index (χ0) is 14.6. The minimum Gasteiger partial charge on any atom is -0.352 e. The summed E-state index contributed by atoms with van der Waals surface area (Å²) in [5.41, 5.74) is -0.899. The Balaban J connectivity index is 2.82. The first-order valence-electron chi connectivity index (χ1n) is 5.51. The average molecular weight is 359 g/mol. The predicted molar refractivity (Wildman–Crippen MR) is 71.4 cm³/mol. The van der Waals surface area contributed by atoms with Crippen LogP contribution in [0.15, 0.2) is 22.7 Å². The molecule has 106 valence electrons. The Labute approximate surface area is 122 Å². The summed E-state index contributed by atoms with van der Waals surface area (Å²) in [4.78, 5) is 11.7. The highest BCUT2D eigenvalue weighted by molar-refractivity contribution is 9.10. The van der Waals surface area contributed by atoms with Gasteiger partial charge < -0.3 is 5.32 Å². The Bertz CT molecular complexity index is 463. The van der Waals surface area contributed by atoms with E-state index in [9.17, 15) is 18.0 Å². The summed E-state index contributed by atoms with van der Waals surface area (Å²) < 4.78 is 37.9. The molecular formula is C12H12BrClF3NO. The van der Waals surface area contributed by atoms with Gasteiger partial charge in [0, 0.05) is 22.0 Å². The van der Waals surface area contributed by atoms with Crippen LogP contribution in [-0.4, -0.2) is 17.8 Å². The number of alkyl halides is 4. The molecule has 1 aromatic rings. The lowest BCUT2D eigenvalue weighted by atomic mass is 10.1. The molecule has 1 atom stereocenters. The summed E-state index contributed by atoms with van der Waals surface area (Å²) in [6.07, 6.45) is -3.95. The predicted octanol–water partition coefficient (Wildman–Crippen LogP) is 4.22. The number of benzene rings is 1. The lowest BCUT2D eigenvalue weighted by molar-refractivity contribution is -0.138. The topological polar surface area (TPSA) is 29.1 Å². The fourth-order valence-electron chi connectivity index (χ4n) is 1.37. The molecular weight excluding hydrogens is 346 g/mol. The number of amides is 1. The zero-order valence-corrected chi connectivity index (χ0v) is 12.4. The monoisotopic (exact) mass is 357 g/mol. The lowest BCUT2D eigenvalue weighted by Crippen LogP contribution is -2.26. The SMILES string of the molecule is CC(Cl)CCNC(=O)c1ccc(Br)c(C(F)(F)F)c1. The van der Waals surface area contributed by atoms with Crippen LogP contribution in [0.1, 0.15) is 29.3 Å². The van der Waals surface area contributed by atoms with Crippen molar-refractivity contribution in [1.82, 2.24) is 5.32 Å². The molecule has 0 fully saturated rings. The first-order valence-corrected chi connectivity index (χ1v) is 6.73. The van der Waals surface area contributed by atoms with Gasteiger partial charge in [-0.1, -0.05) is 15.9 Å². The molecule has 1 unspecified atom stereocenters. The smallest absolute Gasteiger partial charge is 0.352 e. The van der Waals surface area contributed by atoms with Crippen LogP contribution < -0.4 is 5.32 Å². The third-order valence-electron chi connectivity index (χ3n) is 2.36. The largest absolute Gasteiger partial charge is 0.417 e. The van der Waals surface area contributed by atoms with Gasteiger partial charge in [0.15, 0.2) is 0 Å². The standard InChI is InChI=1S/C12H12BrClF3NO/c1-7(14)4-5-18-11(19)8-2-3-10(13)9(6-8)12(15,16)17/h2-3,6-7H,4-5H2,1H3,(H,18,19). The third-order valence-corrected chi connectivity index (χ3v) is 3.27. The van der Waals surface area contributed by atoms with Gasteiger partial charge in [0.05, 0.1) is 5.56 Å². The molecule has 1 N–H and O–H groups in total. The first kappa shape index (κ1) is 16.3. The number of hydrogen-bond acceptors (Lipinski definition) is 1. The summed E-state index contributed by atoms with van der Waals surface area (Å²) in [7, 11) is 0. The average Bonchev–Trinajstić information content (AvgIpc) is 2.27. The van der Waals surface area contributed by atoms with Crippen molar-refractivity contribution in [2.75, 3.05) is 6.54 Å². The molecule has 0 heterocycles. The third kappa shape index (κ3) is 5.03. The van der Waals surface area contributed by atoms with Crippen molar-refractivity contribution in [2.45, 2.75) is 24.9 Å². The van der Waals surface area contributed by atoms with Crippen LogP contribution in [0.2, 0.25) is 0 Å². The lowest BCUT2D eigenvalue weighted by Gasteiger charge is -2.11. The van der Waals surface area contributed by atoms with Gasteiger partial charge in [-0.15, -0.1) is 11.6 Å². The van der Waals surface area contributed by atoms with Crippen LogP contribution in [0.4, 0.5) is 13.2 Å². The Morgan fingerprint density at radius 1 is 1.47 bits per heavy atom. The van der Waals surface area contributed by atoms with E-state index in [1.165, 1.54) is 12.1 Å². The minimum atomic E-state index is -4.50. The normalized spacial score (nSPS) is 13.2. The molecule has 1 aromatic carbocycles. The van der Waals surface area contributed by atoms with Gasteiger partial charge in [0.2, 0.25) is 0 Å². The highest BCUT2D eigenvalue weighted by atomic mass is 79.9. The Morgan fingerprint density at radius 2 is 2.11 bits per heavy atom. The van der Waals surface area contributed by atoms with Crippen molar-refractivity contribution < 1.29 is 18.0 Å². The van der Waals surface area contributed by atoms with Crippen molar-refractivity contribution in [3.8, 4) is 0 Å². The maximum absolute atomic E-state index is 12.7. The summed E-state index contributed by atoms with van der Waals surface area (Å²) in [5.74, 6) is -0.546. The zero-order valence-electron chi connectivity index (χ0n) is 10.0. The highest BCUT2D eigenvalue weighted by Crippen LogP contribution is 2.35. The van der Waals surface area contributed by atoms with Crippen molar-refractivity contribution in [1.29, 1.82) is 0 Å². The second-order valence-electron chi connectivity index (χ2n) is 4.02. The van der Waals surface area contributed by atoms with Crippen LogP contribution in [0.25, 0.3) is 0 Å². The van der Waals surface area contributed by atoms with E-state index in [1.54, 1.807) is 6.92 Å². The van der Waals surface area contributed by atoms with Crippen molar-refractivity contribution >= 4 is 33.4 Å². The fourth-order valence-corrected chi connectivity index (χ4v) is 1.95. The van der Waals surface area contributed by atoms with Crippen molar-refractivity contribution in [2.24, 2.45) is 0 Å². The Kier molecular flexibility index (Phi) is 5.67. The molecule has 0 saturated carbocycles. The van der Waals surface area contributed by atoms with Gasteiger partial charge in [0.25, 0.3) is 5.91 Å². The number of rotatable bonds is 4. The minimum absolute atomic E-state index is 0.0299. The van der Waals surface area contributed by atoms with E-state index in [1.807, 2.05) is 0 Å². The quantitative estimate of drug-likeness (QED) is 0.803. The number of nitrogens with one attached hydrogen (secondary N) is 1. The maximum atomic E-state index is 12.7. The molecule has 1 rings (SSSR count). The van der Waals surface area contributed by atoms with Crippen LogP contribution >= 0.6 is 27.5 Å². The summed E-state index contributed by atoms with van der Waals surface area (Å²) in [6.45, 7) is 2.09. The number of carbonyl (C=O) groups is 1. The van der Waals surface area contributed by atoms with Gasteiger partial charge in [-0.25, -0.2) is 0 Å². The van der Waals surface area contributed by atoms with E-state index < -0.39 is 17.6 Å². The van der Waals surface area contributed by atoms with Gasteiger partial charge in [0.1, 0.15) is 0 Å². The molecule has 0 spiro atoms. The van der Waals surface area contributed by atoms with E-state index in [0.29, 0.717) is 13.0 Å². The van der Waals surface area contributed by atoms with Gasteiger partial charge in [-0.2, -0.15) is 13.2 Å². The number of halogens is 5. The molecule has 19 heavy (non-hydrogen) atoms. The fraction of sp³-hybridized carbons (Fsp3) is 0.417. The van der Waals surface area contributed by atoms with Gasteiger partial charge in [-0.3, -0.25) is 4.79 Å². The Hall–Kier alpha value is -0.750. The molecule has 0 aromatic heterocycles. The number of carbonyl (C=O) groups excluding carboxylic acids is 1. The van der Waals surface area contributed by atoms with Crippen LogP contribution in [0.5, 0.6) is 0 Å². The van der Waals surface area contributed by atoms with Crippen LogP contribution in [0.3, 0.4) is 0 Å². The van der Waals surface area contributed by atoms with Crippen molar-refractivity contribution in [3.63, 3.8) is 0 Å². The molecule has 0 aliphatic carbocycles. The van der Waals surface area contributed by atoms with E-state index in [-0.39, 0.29) is 15.4 Å². The molecule has 0 aliphatic heterocycles. The van der Waals surface area contributed by atoms with Crippen molar-refractivity contribution in [3.05, 3.63) is 33.8 Å².